The van der Waals surface area contributed by atoms with Crippen LogP contribution in [0.25, 0.3) is 0 Å². The SMILES string of the molecule is CCCSc1nc(Cl)c([N+](=O)[O-])c(N[C@@H]2[C@@H](O)[C@H](OCCO)[C@H]3OC(C)(C)O[C@@H]23)n1. The Hall–Kier alpha value is -1.28. The van der Waals surface area contributed by atoms with Crippen molar-refractivity contribution in [2.75, 3.05) is 24.3 Å². The molecule has 2 heterocycles. The van der Waals surface area contributed by atoms with E-state index in [2.05, 4.69) is 15.3 Å². The molecule has 30 heavy (non-hydrogen) atoms. The van der Waals surface area contributed by atoms with Crippen LogP contribution in [0.5, 0.6) is 0 Å². The summed E-state index contributed by atoms with van der Waals surface area (Å²) in [5.74, 6) is -0.335. The summed E-state index contributed by atoms with van der Waals surface area (Å²) in [6.45, 7) is 5.20. The third-order valence-electron chi connectivity index (χ3n) is 4.69. The van der Waals surface area contributed by atoms with Gasteiger partial charge < -0.3 is 29.7 Å². The zero-order chi connectivity index (χ0) is 22.1. The average Bonchev–Trinajstić information content (AvgIpc) is 3.09. The van der Waals surface area contributed by atoms with E-state index in [0.717, 1.165) is 6.42 Å². The summed E-state index contributed by atoms with van der Waals surface area (Å²) in [4.78, 5) is 19.2. The lowest BCUT2D eigenvalue weighted by atomic mass is 10.1. The first-order valence-corrected chi connectivity index (χ1v) is 10.9. The molecule has 1 aromatic heterocycles. The zero-order valence-electron chi connectivity index (χ0n) is 16.8. The molecule has 1 aliphatic heterocycles. The quantitative estimate of drug-likeness (QED) is 0.161. The molecule has 0 amide bonds. The second-order valence-electron chi connectivity index (χ2n) is 7.38. The summed E-state index contributed by atoms with van der Waals surface area (Å²) < 4.78 is 17.4. The molecular formula is C17H25ClN4O7S. The first-order chi connectivity index (χ1) is 14.2. The van der Waals surface area contributed by atoms with Gasteiger partial charge in [-0.3, -0.25) is 10.1 Å². The van der Waals surface area contributed by atoms with Crippen LogP contribution in [-0.4, -0.2) is 80.3 Å². The van der Waals surface area contributed by atoms with E-state index in [-0.39, 0.29) is 29.3 Å². The monoisotopic (exact) mass is 464 g/mol. The normalized spacial score (nSPS) is 29.7. The molecule has 2 aliphatic rings. The number of aliphatic hydroxyl groups excluding tert-OH is 2. The van der Waals surface area contributed by atoms with E-state index in [1.165, 1.54) is 11.8 Å². The molecule has 0 bridgehead atoms. The van der Waals surface area contributed by atoms with Crippen molar-refractivity contribution in [3.8, 4) is 0 Å². The maximum atomic E-state index is 11.6. The van der Waals surface area contributed by atoms with E-state index >= 15 is 0 Å². The number of rotatable bonds is 9. The number of ether oxygens (including phenoxy) is 3. The summed E-state index contributed by atoms with van der Waals surface area (Å²) in [7, 11) is 0. The van der Waals surface area contributed by atoms with Gasteiger partial charge in [-0.1, -0.05) is 30.3 Å². The van der Waals surface area contributed by atoms with E-state index in [1.54, 1.807) is 13.8 Å². The largest absolute Gasteiger partial charge is 0.394 e. The first-order valence-electron chi connectivity index (χ1n) is 9.56. The lowest BCUT2D eigenvalue weighted by Gasteiger charge is -2.28. The average molecular weight is 465 g/mol. The van der Waals surface area contributed by atoms with Gasteiger partial charge in [-0.15, -0.1) is 0 Å². The fourth-order valence-electron chi connectivity index (χ4n) is 3.58. The summed E-state index contributed by atoms with van der Waals surface area (Å²) in [6.07, 6.45) is -2.38. The highest BCUT2D eigenvalue weighted by molar-refractivity contribution is 7.99. The molecule has 13 heteroatoms. The minimum atomic E-state index is -1.14. The maximum absolute atomic E-state index is 11.6. The van der Waals surface area contributed by atoms with Gasteiger partial charge >= 0.3 is 5.69 Å². The van der Waals surface area contributed by atoms with E-state index in [4.69, 9.17) is 30.9 Å². The van der Waals surface area contributed by atoms with Gasteiger partial charge in [0.2, 0.25) is 11.0 Å². The summed E-state index contributed by atoms with van der Waals surface area (Å²) in [5.41, 5.74) is -0.487. The van der Waals surface area contributed by atoms with E-state index in [0.29, 0.717) is 5.75 Å². The molecule has 11 nitrogen and oxygen atoms in total. The molecule has 0 aromatic carbocycles. The predicted molar refractivity (Wildman–Crippen MR) is 109 cm³/mol. The summed E-state index contributed by atoms with van der Waals surface area (Å²) in [6, 6.07) is -0.825. The van der Waals surface area contributed by atoms with Crippen molar-refractivity contribution in [2.45, 2.75) is 68.6 Å². The highest BCUT2D eigenvalue weighted by atomic mass is 35.5. The van der Waals surface area contributed by atoms with Crippen molar-refractivity contribution in [1.29, 1.82) is 0 Å². The summed E-state index contributed by atoms with van der Waals surface area (Å²) in [5, 5.41) is 34.4. The van der Waals surface area contributed by atoms with Crippen LogP contribution in [0, 0.1) is 10.1 Å². The van der Waals surface area contributed by atoms with Gasteiger partial charge in [0.05, 0.1) is 24.2 Å². The lowest BCUT2D eigenvalue weighted by Crippen LogP contribution is -2.43. The Labute approximate surface area is 182 Å². The molecule has 1 aromatic rings. The molecule has 5 atom stereocenters. The topological polar surface area (TPSA) is 149 Å². The molecule has 168 valence electrons. The van der Waals surface area contributed by atoms with Crippen molar-refractivity contribution in [3.63, 3.8) is 0 Å². The Balaban J connectivity index is 1.93. The van der Waals surface area contributed by atoms with Crippen molar-refractivity contribution >= 4 is 34.9 Å². The van der Waals surface area contributed by atoms with Crippen LogP contribution >= 0.6 is 23.4 Å². The number of hydrogen-bond donors (Lipinski definition) is 3. The van der Waals surface area contributed by atoms with Gasteiger partial charge in [0, 0.05) is 5.75 Å². The molecule has 0 unspecified atom stereocenters. The Bertz CT molecular complexity index is 787. The molecule has 3 N–H and O–H groups in total. The number of hydrogen-bond acceptors (Lipinski definition) is 11. The zero-order valence-corrected chi connectivity index (χ0v) is 18.4. The molecule has 0 radical (unpaired) electrons. The molecule has 2 fully saturated rings. The lowest BCUT2D eigenvalue weighted by molar-refractivity contribution is -0.384. The van der Waals surface area contributed by atoms with Crippen LogP contribution in [0.4, 0.5) is 11.5 Å². The third-order valence-corrected chi connectivity index (χ3v) is 6.01. The van der Waals surface area contributed by atoms with Gasteiger partial charge in [-0.25, -0.2) is 4.98 Å². The molecule has 1 saturated carbocycles. The number of halogens is 1. The minimum Gasteiger partial charge on any atom is -0.394 e. The van der Waals surface area contributed by atoms with Crippen LogP contribution in [0.15, 0.2) is 5.16 Å². The smallest absolute Gasteiger partial charge is 0.348 e. The van der Waals surface area contributed by atoms with E-state index in [9.17, 15) is 15.2 Å². The van der Waals surface area contributed by atoms with Crippen LogP contribution in [-0.2, 0) is 14.2 Å². The van der Waals surface area contributed by atoms with Gasteiger partial charge in [0.15, 0.2) is 10.9 Å². The highest BCUT2D eigenvalue weighted by Gasteiger charge is 2.59. The van der Waals surface area contributed by atoms with Gasteiger partial charge in [0.1, 0.15) is 24.4 Å². The van der Waals surface area contributed by atoms with Crippen LogP contribution in [0.1, 0.15) is 27.2 Å². The number of nitrogens with zero attached hydrogens (tertiary/aromatic N) is 3. The van der Waals surface area contributed by atoms with Gasteiger partial charge in [-0.05, 0) is 20.3 Å². The highest BCUT2D eigenvalue weighted by Crippen LogP contribution is 2.42. The summed E-state index contributed by atoms with van der Waals surface area (Å²) >= 11 is 7.39. The second-order valence-corrected chi connectivity index (χ2v) is 8.80. The third kappa shape index (κ3) is 4.79. The maximum Gasteiger partial charge on any atom is 0.348 e. The fourth-order valence-corrected chi connectivity index (χ4v) is 4.57. The van der Waals surface area contributed by atoms with E-state index in [1.807, 2.05) is 6.92 Å². The van der Waals surface area contributed by atoms with Crippen LogP contribution < -0.4 is 5.32 Å². The Morgan fingerprint density at radius 1 is 1.37 bits per heavy atom. The number of aromatic nitrogens is 2. The number of fused-ring (bicyclic) bond motifs is 1. The standard InChI is InChI=1S/C17H25ClN4O7S/c1-4-7-30-16-20-14(18)9(22(25)26)15(21-16)19-8-10(24)12(27-6-5-23)13-11(8)28-17(2,3)29-13/h8,10-13,23-24H,4-7H2,1-3H3,(H,19,20,21)/t8-,10-,11+,12+,13+/m1/s1. The number of aliphatic hydroxyl groups is 2. The molecule has 0 spiro atoms. The number of nitrogens with one attached hydrogen (secondary N) is 1. The number of thioether (sulfide) groups is 1. The second kappa shape index (κ2) is 9.47. The van der Waals surface area contributed by atoms with E-state index < -0.39 is 46.9 Å². The van der Waals surface area contributed by atoms with Crippen molar-refractivity contribution in [1.82, 2.24) is 9.97 Å². The molecule has 1 saturated heterocycles. The Kier molecular flexibility index (Phi) is 7.38. The Morgan fingerprint density at radius 3 is 2.70 bits per heavy atom. The molecular weight excluding hydrogens is 440 g/mol. The fraction of sp³-hybridized carbons (Fsp3) is 0.765. The van der Waals surface area contributed by atoms with Crippen molar-refractivity contribution in [3.05, 3.63) is 15.3 Å². The van der Waals surface area contributed by atoms with Gasteiger partial charge in [-0.2, -0.15) is 4.98 Å². The first kappa shape index (κ1) is 23.4. The number of anilines is 1. The molecule has 3 rings (SSSR count). The Morgan fingerprint density at radius 2 is 2.07 bits per heavy atom. The minimum absolute atomic E-state index is 0.00125. The van der Waals surface area contributed by atoms with Crippen LogP contribution in [0.2, 0.25) is 5.15 Å². The van der Waals surface area contributed by atoms with Crippen molar-refractivity contribution < 1.29 is 29.3 Å². The van der Waals surface area contributed by atoms with Crippen LogP contribution in [0.3, 0.4) is 0 Å². The van der Waals surface area contributed by atoms with Crippen molar-refractivity contribution in [2.24, 2.45) is 0 Å². The van der Waals surface area contributed by atoms with Gasteiger partial charge in [0.25, 0.3) is 0 Å². The predicted octanol–water partition coefficient (Wildman–Crippen LogP) is 1.59. The molecule has 1 aliphatic carbocycles. The number of nitro groups is 1.